The van der Waals surface area contributed by atoms with Crippen LogP contribution in [0, 0.1) is 0 Å². The summed E-state index contributed by atoms with van der Waals surface area (Å²) in [4.78, 5) is 19.0. The molecule has 1 fully saturated rings. The van der Waals surface area contributed by atoms with Crippen LogP contribution in [0.1, 0.15) is 46.2 Å². The number of benzene rings is 1. The molecule has 1 aromatic heterocycles. The van der Waals surface area contributed by atoms with E-state index in [1.54, 1.807) is 7.11 Å². The van der Waals surface area contributed by atoms with Crippen molar-refractivity contribution in [3.8, 4) is 0 Å². The van der Waals surface area contributed by atoms with Gasteiger partial charge in [0.25, 0.3) is 5.91 Å². The molecular formula is C18H22N2O2S. The van der Waals surface area contributed by atoms with Gasteiger partial charge in [0.1, 0.15) is 10.7 Å². The number of amides is 1. The maximum atomic E-state index is 12.6. The van der Waals surface area contributed by atoms with Crippen molar-refractivity contribution in [1.29, 1.82) is 0 Å². The van der Waals surface area contributed by atoms with Gasteiger partial charge in [-0.05, 0) is 30.7 Å². The molecule has 5 heteroatoms. The number of nitrogens with zero attached hydrogens (tertiary/aromatic N) is 2. The SMILES string of the molecule is COCc1nc(C(=O)N2CCC[C@H](c3ccccc3)CC2)cs1. The number of carbonyl (C=O) groups is 1. The smallest absolute Gasteiger partial charge is 0.273 e. The molecule has 1 aromatic carbocycles. The number of ether oxygens (including phenoxy) is 1. The van der Waals surface area contributed by atoms with E-state index in [9.17, 15) is 4.79 Å². The molecule has 0 unspecified atom stereocenters. The maximum Gasteiger partial charge on any atom is 0.273 e. The molecule has 2 aromatic rings. The minimum Gasteiger partial charge on any atom is -0.378 e. The van der Waals surface area contributed by atoms with Crippen molar-refractivity contribution < 1.29 is 9.53 Å². The first-order valence-electron chi connectivity index (χ1n) is 8.05. The van der Waals surface area contributed by atoms with Crippen molar-refractivity contribution in [3.05, 3.63) is 52.0 Å². The maximum absolute atomic E-state index is 12.6. The highest BCUT2D eigenvalue weighted by atomic mass is 32.1. The molecule has 0 radical (unpaired) electrons. The van der Waals surface area contributed by atoms with Crippen LogP contribution in [0.25, 0.3) is 0 Å². The van der Waals surface area contributed by atoms with Crippen molar-refractivity contribution in [2.45, 2.75) is 31.8 Å². The van der Waals surface area contributed by atoms with E-state index in [0.29, 0.717) is 18.2 Å². The Bertz CT molecular complexity index is 641. The van der Waals surface area contributed by atoms with Gasteiger partial charge in [-0.25, -0.2) is 4.98 Å². The van der Waals surface area contributed by atoms with Gasteiger partial charge in [0.15, 0.2) is 0 Å². The first-order valence-corrected chi connectivity index (χ1v) is 8.93. The van der Waals surface area contributed by atoms with Crippen LogP contribution < -0.4 is 0 Å². The Morgan fingerprint density at radius 2 is 2.13 bits per heavy atom. The number of likely N-dealkylation sites (tertiary alicyclic amines) is 1. The van der Waals surface area contributed by atoms with Crippen LogP contribution in [0.3, 0.4) is 0 Å². The Balaban J connectivity index is 1.64. The number of thiazole rings is 1. The first kappa shape index (κ1) is 16.1. The molecule has 0 N–H and O–H groups in total. The van der Waals surface area contributed by atoms with Crippen LogP contribution in [0.4, 0.5) is 0 Å². The predicted molar refractivity (Wildman–Crippen MR) is 91.8 cm³/mol. The van der Waals surface area contributed by atoms with Gasteiger partial charge in [0.05, 0.1) is 6.61 Å². The van der Waals surface area contributed by atoms with Crippen molar-refractivity contribution in [2.75, 3.05) is 20.2 Å². The van der Waals surface area contributed by atoms with Crippen LogP contribution in [0.2, 0.25) is 0 Å². The van der Waals surface area contributed by atoms with Crippen LogP contribution in [0.15, 0.2) is 35.7 Å². The second-order valence-corrected chi connectivity index (χ2v) is 6.83. The fourth-order valence-corrected chi connectivity index (χ4v) is 3.86. The largest absolute Gasteiger partial charge is 0.378 e. The lowest BCUT2D eigenvalue weighted by atomic mass is 9.92. The summed E-state index contributed by atoms with van der Waals surface area (Å²) in [6.07, 6.45) is 3.20. The molecule has 23 heavy (non-hydrogen) atoms. The minimum absolute atomic E-state index is 0.0531. The molecular weight excluding hydrogens is 308 g/mol. The molecule has 0 saturated carbocycles. The van der Waals surface area contributed by atoms with Crippen LogP contribution in [-0.4, -0.2) is 36.0 Å². The summed E-state index contributed by atoms with van der Waals surface area (Å²) in [5.41, 5.74) is 1.94. The Morgan fingerprint density at radius 3 is 2.91 bits per heavy atom. The van der Waals surface area contributed by atoms with Gasteiger partial charge in [-0.1, -0.05) is 30.3 Å². The number of methoxy groups -OCH3 is 1. The first-order chi connectivity index (χ1) is 11.3. The zero-order valence-corrected chi connectivity index (χ0v) is 14.2. The van der Waals surface area contributed by atoms with Crippen molar-refractivity contribution in [2.24, 2.45) is 0 Å². The second kappa shape index (κ2) is 7.70. The van der Waals surface area contributed by atoms with Crippen molar-refractivity contribution in [1.82, 2.24) is 9.88 Å². The molecule has 4 nitrogen and oxygen atoms in total. The summed E-state index contributed by atoms with van der Waals surface area (Å²) in [6.45, 7) is 2.09. The lowest BCUT2D eigenvalue weighted by molar-refractivity contribution is 0.0755. The third-order valence-electron chi connectivity index (χ3n) is 4.32. The summed E-state index contributed by atoms with van der Waals surface area (Å²) in [6, 6.07) is 10.6. The minimum atomic E-state index is 0.0531. The van der Waals surface area contributed by atoms with Gasteiger partial charge >= 0.3 is 0 Å². The van der Waals surface area contributed by atoms with Crippen LogP contribution in [-0.2, 0) is 11.3 Å². The standard InChI is InChI=1S/C18H22N2O2S/c1-22-12-17-19-16(13-23-17)18(21)20-10-5-8-15(9-11-20)14-6-3-2-4-7-14/h2-4,6-7,13,15H,5,8-12H2,1H3/t15-/m0/s1. The molecule has 1 saturated heterocycles. The molecule has 1 atom stereocenters. The fraction of sp³-hybridized carbons (Fsp3) is 0.444. The molecule has 0 bridgehead atoms. The topological polar surface area (TPSA) is 42.4 Å². The van der Waals surface area contributed by atoms with E-state index in [1.807, 2.05) is 10.3 Å². The predicted octanol–water partition coefficient (Wildman–Crippen LogP) is 3.70. The summed E-state index contributed by atoms with van der Waals surface area (Å²) < 4.78 is 5.07. The van der Waals surface area contributed by atoms with E-state index < -0.39 is 0 Å². The molecule has 1 aliphatic heterocycles. The van der Waals surface area contributed by atoms with Gasteiger partial charge in [0, 0.05) is 25.6 Å². The van der Waals surface area contributed by atoms with Gasteiger partial charge in [-0.3, -0.25) is 4.79 Å². The Kier molecular flexibility index (Phi) is 5.41. The van der Waals surface area contributed by atoms with E-state index in [1.165, 1.54) is 16.9 Å². The Morgan fingerprint density at radius 1 is 1.30 bits per heavy atom. The van der Waals surface area contributed by atoms with E-state index >= 15 is 0 Å². The van der Waals surface area contributed by atoms with Gasteiger partial charge in [-0.15, -0.1) is 11.3 Å². The van der Waals surface area contributed by atoms with Gasteiger partial charge in [0.2, 0.25) is 0 Å². The summed E-state index contributed by atoms with van der Waals surface area (Å²) in [7, 11) is 1.64. The highest BCUT2D eigenvalue weighted by Crippen LogP contribution is 2.28. The molecule has 122 valence electrons. The second-order valence-electron chi connectivity index (χ2n) is 5.89. The fourth-order valence-electron chi connectivity index (χ4n) is 3.12. The summed E-state index contributed by atoms with van der Waals surface area (Å²) in [5, 5.41) is 2.70. The molecule has 0 aliphatic carbocycles. The summed E-state index contributed by atoms with van der Waals surface area (Å²) in [5.74, 6) is 0.603. The summed E-state index contributed by atoms with van der Waals surface area (Å²) >= 11 is 1.49. The highest BCUT2D eigenvalue weighted by molar-refractivity contribution is 7.09. The van der Waals surface area contributed by atoms with E-state index in [4.69, 9.17) is 4.74 Å². The van der Waals surface area contributed by atoms with E-state index in [2.05, 4.69) is 35.3 Å². The third kappa shape index (κ3) is 3.98. The Labute approximate surface area is 141 Å². The quantitative estimate of drug-likeness (QED) is 0.858. The van der Waals surface area contributed by atoms with Crippen LogP contribution >= 0.6 is 11.3 Å². The van der Waals surface area contributed by atoms with E-state index in [-0.39, 0.29) is 5.91 Å². The van der Waals surface area contributed by atoms with E-state index in [0.717, 1.165) is 37.4 Å². The lowest BCUT2D eigenvalue weighted by Gasteiger charge is -2.19. The number of rotatable bonds is 4. The lowest BCUT2D eigenvalue weighted by Crippen LogP contribution is -2.32. The molecule has 2 heterocycles. The average Bonchev–Trinajstić information content (AvgIpc) is 2.91. The monoisotopic (exact) mass is 330 g/mol. The molecule has 0 spiro atoms. The molecule has 1 amide bonds. The average molecular weight is 330 g/mol. The third-order valence-corrected chi connectivity index (χ3v) is 5.15. The number of carbonyl (C=O) groups excluding carboxylic acids is 1. The zero-order chi connectivity index (χ0) is 16.1. The number of hydrogen-bond acceptors (Lipinski definition) is 4. The number of hydrogen-bond donors (Lipinski definition) is 0. The van der Waals surface area contributed by atoms with Crippen molar-refractivity contribution in [3.63, 3.8) is 0 Å². The number of aromatic nitrogens is 1. The zero-order valence-electron chi connectivity index (χ0n) is 13.4. The van der Waals surface area contributed by atoms with Crippen LogP contribution in [0.5, 0.6) is 0 Å². The van der Waals surface area contributed by atoms with Gasteiger partial charge in [-0.2, -0.15) is 0 Å². The molecule has 3 rings (SSSR count). The highest BCUT2D eigenvalue weighted by Gasteiger charge is 2.23. The normalized spacial score (nSPS) is 18.7. The Hall–Kier alpha value is -1.72. The molecule has 1 aliphatic rings. The van der Waals surface area contributed by atoms with Crippen molar-refractivity contribution >= 4 is 17.2 Å². The van der Waals surface area contributed by atoms with Gasteiger partial charge < -0.3 is 9.64 Å².